The minimum Gasteiger partial charge on any atom is -0.481 e. The monoisotopic (exact) mass is 402 g/mol. The molecule has 1 fully saturated rings. The molecule has 1 aromatic rings. The van der Waals surface area contributed by atoms with E-state index >= 15 is 0 Å². The number of carboxylic acids is 1. The normalized spacial score (nSPS) is 18.6. The summed E-state index contributed by atoms with van der Waals surface area (Å²) in [5, 5.41) is 13.2. The summed E-state index contributed by atoms with van der Waals surface area (Å²) in [4.78, 5) is 12.9. The molecule has 1 N–H and O–H groups in total. The van der Waals surface area contributed by atoms with E-state index in [1.54, 1.807) is 0 Å². The number of hydrogen-bond donors (Lipinski definition) is 1. The molecule has 0 aromatic carbocycles. The van der Waals surface area contributed by atoms with Crippen LogP contribution in [0.5, 0.6) is 0 Å². The number of hydrogen-bond acceptors (Lipinski definition) is 4. The number of piperidine rings is 1. The first-order chi connectivity index (χ1) is 13.9. The molecule has 162 valence electrons. The number of fused-ring (bicyclic) bond motifs is 1. The number of rotatable bonds is 4. The van der Waals surface area contributed by atoms with E-state index in [2.05, 4.69) is 41.8 Å². The Morgan fingerprint density at radius 1 is 1.24 bits per heavy atom. The van der Waals surface area contributed by atoms with Crippen LogP contribution in [0.2, 0.25) is 0 Å². The van der Waals surface area contributed by atoms with E-state index in [9.17, 15) is 4.79 Å². The molecule has 5 heteroatoms. The molecule has 1 aliphatic carbocycles. The van der Waals surface area contributed by atoms with Gasteiger partial charge < -0.3 is 14.5 Å². The molecule has 29 heavy (non-hydrogen) atoms. The summed E-state index contributed by atoms with van der Waals surface area (Å²) >= 11 is 0. The molecule has 1 aliphatic heterocycles. The maximum absolute atomic E-state index is 10.7. The van der Waals surface area contributed by atoms with E-state index in [0.29, 0.717) is 12.5 Å². The van der Waals surface area contributed by atoms with Crippen LogP contribution in [0.15, 0.2) is 34.4 Å². The predicted molar refractivity (Wildman–Crippen MR) is 120 cm³/mol. The van der Waals surface area contributed by atoms with Crippen molar-refractivity contribution in [3.63, 3.8) is 0 Å². The van der Waals surface area contributed by atoms with Gasteiger partial charge in [-0.3, -0.25) is 4.79 Å². The highest BCUT2D eigenvalue weighted by atomic mass is 16.5. The Morgan fingerprint density at radius 2 is 1.83 bits per heavy atom. The summed E-state index contributed by atoms with van der Waals surface area (Å²) in [5.74, 6) is 0.651. The Labute approximate surface area is 176 Å². The summed E-state index contributed by atoms with van der Waals surface area (Å²) < 4.78 is 5.59. The Hall–Kier alpha value is -2.14. The van der Waals surface area contributed by atoms with Gasteiger partial charge in [0, 0.05) is 24.4 Å². The highest BCUT2D eigenvalue weighted by Gasteiger charge is 2.27. The second kappa shape index (κ2) is 13.2. The minimum absolute atomic E-state index is 0.221. The van der Waals surface area contributed by atoms with Gasteiger partial charge in [-0.1, -0.05) is 48.4 Å². The third kappa shape index (κ3) is 8.82. The van der Waals surface area contributed by atoms with Crippen molar-refractivity contribution in [1.29, 1.82) is 0 Å². The Morgan fingerprint density at radius 3 is 2.41 bits per heavy atom. The van der Waals surface area contributed by atoms with Crippen LogP contribution in [0.4, 0.5) is 0 Å². The van der Waals surface area contributed by atoms with Gasteiger partial charge in [-0.05, 0) is 53.1 Å². The van der Waals surface area contributed by atoms with Gasteiger partial charge in [0.2, 0.25) is 0 Å². The lowest BCUT2D eigenvalue weighted by Gasteiger charge is -2.30. The fourth-order valence-electron chi connectivity index (χ4n) is 3.39. The first kappa shape index (κ1) is 24.9. The Bertz CT molecular complexity index is 704. The molecule has 0 amide bonds. The molecule has 0 unspecified atom stereocenters. The zero-order valence-electron chi connectivity index (χ0n) is 18.8. The smallest absolute Gasteiger partial charge is 0.304 e. The van der Waals surface area contributed by atoms with E-state index in [-0.39, 0.29) is 6.42 Å². The fourth-order valence-corrected chi connectivity index (χ4v) is 3.39. The van der Waals surface area contributed by atoms with E-state index in [4.69, 9.17) is 9.63 Å². The van der Waals surface area contributed by atoms with Crippen LogP contribution in [0.25, 0.3) is 6.08 Å². The van der Waals surface area contributed by atoms with Crippen LogP contribution in [0.3, 0.4) is 0 Å². The summed E-state index contributed by atoms with van der Waals surface area (Å²) in [6.45, 7) is 16.2. The number of likely N-dealkylation sites (tertiary alicyclic amines) is 1. The van der Waals surface area contributed by atoms with E-state index in [0.717, 1.165) is 50.2 Å². The quantitative estimate of drug-likeness (QED) is 0.641. The molecule has 1 aromatic heterocycles. The molecular formula is C24H38N2O3. The van der Waals surface area contributed by atoms with E-state index in [1.807, 2.05) is 27.7 Å². The van der Waals surface area contributed by atoms with Crippen LogP contribution >= 0.6 is 0 Å². The number of carboxylic acid groups (broad SMARTS) is 1. The van der Waals surface area contributed by atoms with Gasteiger partial charge in [0.15, 0.2) is 0 Å². The summed E-state index contributed by atoms with van der Waals surface area (Å²) in [7, 11) is 0. The van der Waals surface area contributed by atoms with Crippen LogP contribution in [0, 0.1) is 0 Å². The van der Waals surface area contributed by atoms with Crippen molar-refractivity contribution in [3.05, 3.63) is 46.9 Å². The van der Waals surface area contributed by atoms with Gasteiger partial charge >= 0.3 is 5.97 Å². The van der Waals surface area contributed by atoms with Crippen molar-refractivity contribution in [1.82, 2.24) is 10.1 Å². The molecule has 0 radical (unpaired) electrons. The van der Waals surface area contributed by atoms with Crippen LogP contribution < -0.4 is 0 Å². The van der Waals surface area contributed by atoms with Crippen LogP contribution in [0.1, 0.15) is 83.2 Å². The summed E-state index contributed by atoms with van der Waals surface area (Å²) in [6.07, 6.45) is 10.6. The van der Waals surface area contributed by atoms with Gasteiger partial charge in [-0.25, -0.2) is 0 Å². The van der Waals surface area contributed by atoms with Gasteiger partial charge in [0.1, 0.15) is 5.76 Å². The maximum atomic E-state index is 10.7. The standard InChI is InChI=1S/C18H24N2O3.C4H8.C2H6/c1-13-4-2-3-5-16-15(12-13)18(19-23-16)14-6-9-20(10-7-14)11-8-17(21)22;1-4(2)3;1-2/h2-3,12,14H,4-11H2,1H3,(H,21,22);1H2,2-3H3;1-2H3/b3-2?,13-12-;;. The van der Waals surface area contributed by atoms with Crippen molar-refractivity contribution in [2.75, 3.05) is 19.6 Å². The van der Waals surface area contributed by atoms with E-state index < -0.39 is 5.97 Å². The van der Waals surface area contributed by atoms with Gasteiger partial charge in [-0.2, -0.15) is 0 Å². The molecule has 0 atom stereocenters. The van der Waals surface area contributed by atoms with Gasteiger partial charge in [0.25, 0.3) is 0 Å². The second-order valence-electron chi connectivity index (χ2n) is 7.74. The van der Waals surface area contributed by atoms with Crippen molar-refractivity contribution in [2.24, 2.45) is 0 Å². The average molecular weight is 403 g/mol. The largest absolute Gasteiger partial charge is 0.481 e. The molecule has 3 rings (SSSR count). The Balaban J connectivity index is 0.000000627. The predicted octanol–water partition coefficient (Wildman–Crippen LogP) is 5.84. The fraction of sp³-hybridized carbons (Fsp3) is 0.583. The number of carbonyl (C=O) groups is 1. The molecule has 5 nitrogen and oxygen atoms in total. The first-order valence-corrected chi connectivity index (χ1v) is 10.7. The number of allylic oxidation sites excluding steroid dienone is 4. The lowest BCUT2D eigenvalue weighted by Crippen LogP contribution is -2.34. The third-order valence-corrected chi connectivity index (χ3v) is 4.75. The van der Waals surface area contributed by atoms with Crippen LogP contribution in [-0.2, 0) is 11.2 Å². The highest BCUT2D eigenvalue weighted by molar-refractivity contribution is 5.66. The summed E-state index contributed by atoms with van der Waals surface area (Å²) in [6, 6.07) is 0. The second-order valence-corrected chi connectivity index (χ2v) is 7.74. The molecule has 1 saturated heterocycles. The number of aliphatic carboxylic acids is 1. The highest BCUT2D eigenvalue weighted by Crippen LogP contribution is 2.33. The zero-order valence-corrected chi connectivity index (χ0v) is 18.8. The molecule has 0 spiro atoms. The van der Waals surface area contributed by atoms with Crippen molar-refractivity contribution < 1.29 is 14.4 Å². The summed E-state index contributed by atoms with van der Waals surface area (Å²) in [5.41, 5.74) is 4.76. The molecular weight excluding hydrogens is 364 g/mol. The lowest BCUT2D eigenvalue weighted by atomic mass is 9.89. The minimum atomic E-state index is -0.723. The topological polar surface area (TPSA) is 66.6 Å². The van der Waals surface area contributed by atoms with Gasteiger partial charge in [-0.15, -0.1) is 6.58 Å². The maximum Gasteiger partial charge on any atom is 0.304 e. The van der Waals surface area contributed by atoms with Crippen molar-refractivity contribution in [2.45, 2.75) is 72.6 Å². The molecule has 0 saturated carbocycles. The molecule has 2 aliphatic rings. The molecule has 0 bridgehead atoms. The first-order valence-electron chi connectivity index (χ1n) is 10.7. The average Bonchev–Trinajstić information content (AvgIpc) is 3.05. The third-order valence-electron chi connectivity index (χ3n) is 4.75. The molecule has 2 heterocycles. The van der Waals surface area contributed by atoms with Crippen molar-refractivity contribution >= 4 is 12.0 Å². The lowest BCUT2D eigenvalue weighted by molar-refractivity contribution is -0.137. The van der Waals surface area contributed by atoms with Crippen LogP contribution in [-0.4, -0.2) is 40.8 Å². The zero-order chi connectivity index (χ0) is 21.8. The SMILES string of the molecule is C/C1=C/c2c(C3CCN(CCC(=O)O)CC3)noc2CC=CC1.C=C(C)C.CC. The van der Waals surface area contributed by atoms with E-state index in [1.165, 1.54) is 16.7 Å². The number of aromatic nitrogens is 1. The number of nitrogens with zero attached hydrogens (tertiary/aromatic N) is 2. The van der Waals surface area contributed by atoms with Gasteiger partial charge in [0.05, 0.1) is 12.1 Å². The Kier molecular flexibility index (Phi) is 11.3. The van der Waals surface area contributed by atoms with Crippen molar-refractivity contribution in [3.8, 4) is 0 Å².